The van der Waals surface area contributed by atoms with E-state index in [-0.39, 0.29) is 17.9 Å². The van der Waals surface area contributed by atoms with Gasteiger partial charge in [0.25, 0.3) is 0 Å². The highest BCUT2D eigenvalue weighted by Crippen LogP contribution is 2.58. The van der Waals surface area contributed by atoms with Gasteiger partial charge in [0.2, 0.25) is 5.91 Å². The highest BCUT2D eigenvalue weighted by atomic mass is 16.5. The first-order valence-electron chi connectivity index (χ1n) is 6.72. The molecule has 0 aromatic heterocycles. The number of piperidine rings is 1. The lowest BCUT2D eigenvalue weighted by atomic mass is 9.91. The summed E-state index contributed by atoms with van der Waals surface area (Å²) < 4.78 is 5.11. The summed E-state index contributed by atoms with van der Waals surface area (Å²) in [7, 11) is 1.68. The van der Waals surface area contributed by atoms with Crippen molar-refractivity contribution in [2.24, 2.45) is 11.3 Å². The summed E-state index contributed by atoms with van der Waals surface area (Å²) >= 11 is 0. The second-order valence-corrected chi connectivity index (χ2v) is 5.44. The average Bonchev–Trinajstić information content (AvgIpc) is 3.03. The van der Waals surface area contributed by atoms with Crippen molar-refractivity contribution in [2.75, 3.05) is 26.8 Å². The predicted molar refractivity (Wildman–Crippen MR) is 66.7 cm³/mol. The molecule has 2 rings (SSSR count). The predicted octanol–water partition coefficient (Wildman–Crippen LogP) is 0.917. The molecular weight excluding hydrogens is 216 g/mol. The lowest BCUT2D eigenvalue weighted by Gasteiger charge is -2.24. The molecule has 2 unspecified atom stereocenters. The van der Waals surface area contributed by atoms with Crippen molar-refractivity contribution < 1.29 is 9.53 Å². The van der Waals surface area contributed by atoms with Gasteiger partial charge in [-0.05, 0) is 44.2 Å². The molecule has 1 amide bonds. The van der Waals surface area contributed by atoms with Crippen LogP contribution in [-0.4, -0.2) is 38.8 Å². The van der Waals surface area contributed by atoms with Gasteiger partial charge in [-0.3, -0.25) is 4.79 Å². The van der Waals surface area contributed by atoms with Crippen LogP contribution in [0.3, 0.4) is 0 Å². The summed E-state index contributed by atoms with van der Waals surface area (Å²) in [6.45, 7) is 4.83. The van der Waals surface area contributed by atoms with Gasteiger partial charge in [-0.2, -0.15) is 0 Å². The Labute approximate surface area is 103 Å². The summed E-state index contributed by atoms with van der Waals surface area (Å²) in [5, 5.41) is 6.48. The molecular formula is C13H24N2O2. The molecule has 2 N–H and O–H groups in total. The lowest BCUT2D eigenvalue weighted by molar-refractivity contribution is -0.124. The molecule has 0 radical (unpaired) electrons. The maximum absolute atomic E-state index is 12.1. The first-order valence-corrected chi connectivity index (χ1v) is 6.72. The molecule has 1 saturated heterocycles. The van der Waals surface area contributed by atoms with E-state index in [1.54, 1.807) is 7.11 Å². The van der Waals surface area contributed by atoms with Crippen molar-refractivity contribution in [2.45, 2.75) is 38.6 Å². The first kappa shape index (κ1) is 12.8. The molecule has 2 aliphatic rings. The maximum Gasteiger partial charge on any atom is 0.223 e. The van der Waals surface area contributed by atoms with Gasteiger partial charge >= 0.3 is 0 Å². The number of ether oxygens (including phenoxy) is 1. The Bertz CT molecular complexity index is 275. The van der Waals surface area contributed by atoms with Crippen LogP contribution in [0.4, 0.5) is 0 Å². The van der Waals surface area contributed by atoms with Crippen LogP contribution in [0.2, 0.25) is 0 Å². The third-order valence-electron chi connectivity index (χ3n) is 4.31. The number of methoxy groups -OCH3 is 1. The zero-order valence-electron chi connectivity index (χ0n) is 10.9. The third kappa shape index (κ3) is 2.80. The van der Waals surface area contributed by atoms with Crippen molar-refractivity contribution in [1.29, 1.82) is 0 Å². The number of hydrogen-bond acceptors (Lipinski definition) is 3. The molecule has 1 saturated carbocycles. The Morgan fingerprint density at radius 3 is 2.82 bits per heavy atom. The highest BCUT2D eigenvalue weighted by Gasteiger charge is 2.57. The number of hydrogen-bond donors (Lipinski definition) is 2. The van der Waals surface area contributed by atoms with Crippen molar-refractivity contribution in [3.63, 3.8) is 0 Å². The van der Waals surface area contributed by atoms with Gasteiger partial charge in [0, 0.05) is 13.0 Å². The largest absolute Gasteiger partial charge is 0.383 e. The molecule has 17 heavy (non-hydrogen) atoms. The average molecular weight is 240 g/mol. The van der Waals surface area contributed by atoms with E-state index in [0.717, 1.165) is 38.8 Å². The standard InChI is InChI=1S/C13H24N2O2/c1-3-10(9-17-2)15-12(16)11-8-13(11)4-6-14-7-5-13/h10-11,14H,3-9H2,1-2H3,(H,15,16). The Morgan fingerprint density at radius 1 is 1.53 bits per heavy atom. The molecule has 98 valence electrons. The van der Waals surface area contributed by atoms with E-state index in [2.05, 4.69) is 17.6 Å². The van der Waals surface area contributed by atoms with E-state index < -0.39 is 0 Å². The van der Waals surface area contributed by atoms with Crippen LogP contribution in [-0.2, 0) is 9.53 Å². The van der Waals surface area contributed by atoms with Crippen molar-refractivity contribution in [1.82, 2.24) is 10.6 Å². The molecule has 1 heterocycles. The van der Waals surface area contributed by atoms with Gasteiger partial charge < -0.3 is 15.4 Å². The fourth-order valence-corrected chi connectivity index (χ4v) is 2.96. The van der Waals surface area contributed by atoms with Crippen molar-refractivity contribution in [3.8, 4) is 0 Å². The van der Waals surface area contributed by atoms with Gasteiger partial charge in [0.15, 0.2) is 0 Å². The SMILES string of the molecule is CCC(COC)NC(=O)C1CC12CCNCC2. The highest BCUT2D eigenvalue weighted by molar-refractivity contribution is 5.82. The fraction of sp³-hybridized carbons (Fsp3) is 0.923. The molecule has 1 aliphatic heterocycles. The monoisotopic (exact) mass is 240 g/mol. The van der Waals surface area contributed by atoms with E-state index in [0.29, 0.717) is 12.0 Å². The van der Waals surface area contributed by atoms with Crippen LogP contribution < -0.4 is 10.6 Å². The quantitative estimate of drug-likeness (QED) is 0.751. The smallest absolute Gasteiger partial charge is 0.223 e. The molecule has 1 spiro atoms. The van der Waals surface area contributed by atoms with Crippen LogP contribution in [0.5, 0.6) is 0 Å². The number of nitrogens with one attached hydrogen (secondary N) is 2. The van der Waals surface area contributed by atoms with Crippen LogP contribution >= 0.6 is 0 Å². The van der Waals surface area contributed by atoms with Crippen molar-refractivity contribution in [3.05, 3.63) is 0 Å². The van der Waals surface area contributed by atoms with E-state index in [4.69, 9.17) is 4.74 Å². The number of amides is 1. The van der Waals surface area contributed by atoms with E-state index in [1.165, 1.54) is 0 Å². The van der Waals surface area contributed by atoms with E-state index in [9.17, 15) is 4.79 Å². The molecule has 0 aromatic carbocycles. The molecule has 1 aliphatic carbocycles. The Balaban J connectivity index is 1.81. The summed E-state index contributed by atoms with van der Waals surface area (Å²) in [4.78, 5) is 12.1. The lowest BCUT2D eigenvalue weighted by Crippen LogP contribution is -2.40. The van der Waals surface area contributed by atoms with Gasteiger partial charge in [-0.25, -0.2) is 0 Å². The van der Waals surface area contributed by atoms with Gasteiger partial charge in [0.1, 0.15) is 0 Å². The Morgan fingerprint density at radius 2 is 2.24 bits per heavy atom. The number of rotatable bonds is 5. The van der Waals surface area contributed by atoms with Crippen molar-refractivity contribution >= 4 is 5.91 Å². The van der Waals surface area contributed by atoms with Crippen LogP contribution in [0.1, 0.15) is 32.6 Å². The topological polar surface area (TPSA) is 50.4 Å². The molecule has 2 fully saturated rings. The minimum atomic E-state index is 0.173. The fourth-order valence-electron chi connectivity index (χ4n) is 2.96. The normalized spacial score (nSPS) is 27.8. The summed E-state index contributed by atoms with van der Waals surface area (Å²) in [6, 6.07) is 0.173. The molecule has 0 bridgehead atoms. The number of carbonyl (C=O) groups is 1. The van der Waals surface area contributed by atoms with E-state index >= 15 is 0 Å². The van der Waals surface area contributed by atoms with Crippen LogP contribution in [0.15, 0.2) is 0 Å². The molecule has 0 aromatic rings. The third-order valence-corrected chi connectivity index (χ3v) is 4.31. The molecule has 4 heteroatoms. The molecule has 2 atom stereocenters. The Hall–Kier alpha value is -0.610. The summed E-state index contributed by atoms with van der Waals surface area (Å²) in [6.07, 6.45) is 4.34. The van der Waals surface area contributed by atoms with E-state index in [1.807, 2.05) is 0 Å². The second kappa shape index (κ2) is 5.36. The minimum absolute atomic E-state index is 0.173. The summed E-state index contributed by atoms with van der Waals surface area (Å²) in [5.41, 5.74) is 0.334. The first-order chi connectivity index (χ1) is 8.22. The summed E-state index contributed by atoms with van der Waals surface area (Å²) in [5.74, 6) is 0.506. The Kier molecular flexibility index (Phi) is 4.05. The zero-order valence-corrected chi connectivity index (χ0v) is 10.9. The van der Waals surface area contributed by atoms with Gasteiger partial charge in [-0.1, -0.05) is 6.92 Å². The van der Waals surface area contributed by atoms with Crippen LogP contribution in [0, 0.1) is 11.3 Å². The van der Waals surface area contributed by atoms with Crippen LogP contribution in [0.25, 0.3) is 0 Å². The number of carbonyl (C=O) groups excluding carboxylic acids is 1. The van der Waals surface area contributed by atoms with Gasteiger partial charge in [0.05, 0.1) is 12.6 Å². The zero-order chi connectivity index (χ0) is 12.3. The van der Waals surface area contributed by atoms with Gasteiger partial charge in [-0.15, -0.1) is 0 Å². The second-order valence-electron chi connectivity index (χ2n) is 5.44. The minimum Gasteiger partial charge on any atom is -0.383 e. The maximum atomic E-state index is 12.1. The molecule has 4 nitrogen and oxygen atoms in total.